The number of nitrogens with zero attached hydrogens (tertiary/aromatic N) is 1. The first-order valence-corrected chi connectivity index (χ1v) is 7.40. The number of pyridine rings is 1. The van der Waals surface area contributed by atoms with Gasteiger partial charge in [-0.1, -0.05) is 37.3 Å². The average molecular weight is 303 g/mol. The van der Waals surface area contributed by atoms with Crippen LogP contribution in [0.1, 0.15) is 24.6 Å². The quantitative estimate of drug-likeness (QED) is 0.687. The highest BCUT2D eigenvalue weighted by molar-refractivity contribution is 5.62. The van der Waals surface area contributed by atoms with Crippen molar-refractivity contribution in [1.29, 1.82) is 0 Å². The van der Waals surface area contributed by atoms with Crippen molar-refractivity contribution in [3.05, 3.63) is 53.9 Å². The Kier molecular flexibility index (Phi) is 5.60. The molecule has 0 aliphatic heterocycles. The number of hydrogen-bond acceptors (Lipinski definition) is 4. The van der Waals surface area contributed by atoms with Gasteiger partial charge in [0.1, 0.15) is 5.72 Å². The topological polar surface area (TPSA) is 71.2 Å². The molecule has 1 aromatic carbocycles. The van der Waals surface area contributed by atoms with Gasteiger partial charge < -0.3 is 10.4 Å². The lowest BCUT2D eigenvalue weighted by atomic mass is 9.98. The number of alkyl halides is 1. The molecular formula is C17H22FN3O. The molecule has 1 heterocycles. The molecule has 4 nitrogen and oxygen atoms in total. The van der Waals surface area contributed by atoms with Crippen molar-refractivity contribution in [3.63, 3.8) is 0 Å². The molecule has 118 valence electrons. The summed E-state index contributed by atoms with van der Waals surface area (Å²) in [6.07, 6.45) is 1.70. The fraction of sp³-hybridized carbons (Fsp3) is 0.353. The van der Waals surface area contributed by atoms with Gasteiger partial charge in [-0.05, 0) is 23.7 Å². The molecule has 1 unspecified atom stereocenters. The van der Waals surface area contributed by atoms with Crippen LogP contribution in [-0.2, 0) is 12.3 Å². The third kappa shape index (κ3) is 4.10. The molecule has 2 aromatic rings. The molecule has 0 spiro atoms. The molecule has 4 N–H and O–H groups in total. The van der Waals surface area contributed by atoms with Crippen LogP contribution in [0.25, 0.3) is 11.1 Å². The number of aliphatic hydroxyl groups is 1. The lowest BCUT2D eigenvalue weighted by molar-refractivity contribution is 0.0278. The molecule has 0 saturated heterocycles. The van der Waals surface area contributed by atoms with E-state index in [0.29, 0.717) is 5.56 Å². The van der Waals surface area contributed by atoms with Crippen molar-refractivity contribution in [3.8, 4) is 11.1 Å². The standard InChI is InChI=1S/C17H22FN3O/c1-2-20-12-16-8-5-14(11-21-16)13-3-6-15(7-4-13)17(19,22)9-10-18/h3-8,11,20,22H,2,9-10,12,19H2,1H3. The first kappa shape index (κ1) is 16.5. The normalized spacial score (nSPS) is 13.8. The van der Waals surface area contributed by atoms with Gasteiger partial charge in [-0.2, -0.15) is 0 Å². The van der Waals surface area contributed by atoms with Gasteiger partial charge in [-0.25, -0.2) is 0 Å². The number of halogens is 1. The van der Waals surface area contributed by atoms with E-state index >= 15 is 0 Å². The molecule has 1 atom stereocenters. The van der Waals surface area contributed by atoms with Gasteiger partial charge in [0.15, 0.2) is 0 Å². The predicted molar refractivity (Wildman–Crippen MR) is 85.7 cm³/mol. The average Bonchev–Trinajstić information content (AvgIpc) is 2.53. The summed E-state index contributed by atoms with van der Waals surface area (Å²) >= 11 is 0. The largest absolute Gasteiger partial charge is 0.372 e. The number of aromatic nitrogens is 1. The Morgan fingerprint density at radius 1 is 1.18 bits per heavy atom. The smallest absolute Gasteiger partial charge is 0.142 e. The molecule has 5 heteroatoms. The number of nitrogens with two attached hydrogens (primary N) is 1. The van der Waals surface area contributed by atoms with E-state index in [1.165, 1.54) is 0 Å². The highest BCUT2D eigenvalue weighted by atomic mass is 19.1. The number of rotatable bonds is 7. The van der Waals surface area contributed by atoms with Crippen LogP contribution in [0, 0.1) is 0 Å². The lowest BCUT2D eigenvalue weighted by Crippen LogP contribution is -2.36. The van der Waals surface area contributed by atoms with Gasteiger partial charge in [0, 0.05) is 24.7 Å². The maximum atomic E-state index is 12.4. The van der Waals surface area contributed by atoms with Crippen molar-refractivity contribution < 1.29 is 9.50 Å². The van der Waals surface area contributed by atoms with Gasteiger partial charge in [-0.15, -0.1) is 0 Å². The highest BCUT2D eigenvalue weighted by Gasteiger charge is 2.23. The Bertz CT molecular complexity index is 582. The summed E-state index contributed by atoms with van der Waals surface area (Å²) in [7, 11) is 0. The number of benzene rings is 1. The van der Waals surface area contributed by atoms with Crippen LogP contribution < -0.4 is 11.1 Å². The zero-order chi connectivity index (χ0) is 16.0. The number of nitrogens with one attached hydrogen (secondary N) is 1. The van der Waals surface area contributed by atoms with Crippen LogP contribution in [0.5, 0.6) is 0 Å². The minimum Gasteiger partial charge on any atom is -0.372 e. The maximum absolute atomic E-state index is 12.4. The summed E-state index contributed by atoms with van der Waals surface area (Å²) in [5, 5.41) is 13.2. The molecular weight excluding hydrogens is 281 g/mol. The Balaban J connectivity index is 2.13. The SMILES string of the molecule is CCNCc1ccc(-c2ccc(C(N)(O)CCF)cc2)cn1. The predicted octanol–water partition coefficient (Wildman–Crippen LogP) is 2.32. The van der Waals surface area contributed by atoms with E-state index in [-0.39, 0.29) is 6.42 Å². The minimum atomic E-state index is -1.62. The van der Waals surface area contributed by atoms with E-state index in [1.54, 1.807) is 12.1 Å². The van der Waals surface area contributed by atoms with E-state index in [1.807, 2.05) is 30.5 Å². The second-order valence-corrected chi connectivity index (χ2v) is 5.26. The second-order valence-electron chi connectivity index (χ2n) is 5.26. The van der Waals surface area contributed by atoms with Crippen LogP contribution in [0.4, 0.5) is 4.39 Å². The van der Waals surface area contributed by atoms with Crippen molar-refractivity contribution in [2.75, 3.05) is 13.2 Å². The first-order chi connectivity index (χ1) is 10.6. The Labute approximate surface area is 130 Å². The second kappa shape index (κ2) is 7.45. The zero-order valence-corrected chi connectivity index (χ0v) is 12.7. The molecule has 0 amide bonds. The van der Waals surface area contributed by atoms with Crippen LogP contribution in [0.2, 0.25) is 0 Å². The van der Waals surface area contributed by atoms with E-state index in [2.05, 4.69) is 17.2 Å². The monoisotopic (exact) mass is 303 g/mol. The van der Waals surface area contributed by atoms with Crippen LogP contribution in [-0.4, -0.2) is 23.3 Å². The molecule has 2 rings (SSSR count). The fourth-order valence-electron chi connectivity index (χ4n) is 2.19. The van der Waals surface area contributed by atoms with E-state index < -0.39 is 12.4 Å². The lowest BCUT2D eigenvalue weighted by Gasteiger charge is -2.22. The van der Waals surface area contributed by atoms with Gasteiger partial charge in [0.2, 0.25) is 0 Å². The van der Waals surface area contributed by atoms with Gasteiger partial charge in [0.05, 0.1) is 12.4 Å². The van der Waals surface area contributed by atoms with Crippen LogP contribution in [0.3, 0.4) is 0 Å². The molecule has 0 aliphatic carbocycles. The Hall–Kier alpha value is -1.82. The van der Waals surface area contributed by atoms with Crippen LogP contribution in [0.15, 0.2) is 42.6 Å². The molecule has 1 aromatic heterocycles. The first-order valence-electron chi connectivity index (χ1n) is 7.40. The molecule has 0 saturated carbocycles. The van der Waals surface area contributed by atoms with Crippen molar-refractivity contribution >= 4 is 0 Å². The summed E-state index contributed by atoms with van der Waals surface area (Å²) in [5.41, 5.74) is 7.53. The maximum Gasteiger partial charge on any atom is 0.142 e. The Morgan fingerprint density at radius 2 is 1.86 bits per heavy atom. The molecule has 22 heavy (non-hydrogen) atoms. The van der Waals surface area contributed by atoms with Crippen molar-refractivity contribution in [2.45, 2.75) is 25.6 Å². The van der Waals surface area contributed by atoms with E-state index in [9.17, 15) is 9.50 Å². The minimum absolute atomic E-state index is 0.118. The molecule has 0 bridgehead atoms. The molecule has 0 radical (unpaired) electrons. The highest BCUT2D eigenvalue weighted by Crippen LogP contribution is 2.24. The summed E-state index contributed by atoms with van der Waals surface area (Å²) in [6.45, 7) is 3.05. The fourth-order valence-corrected chi connectivity index (χ4v) is 2.19. The third-order valence-electron chi connectivity index (χ3n) is 3.57. The summed E-state index contributed by atoms with van der Waals surface area (Å²) < 4.78 is 12.4. The van der Waals surface area contributed by atoms with E-state index in [0.717, 1.165) is 29.9 Å². The summed E-state index contributed by atoms with van der Waals surface area (Å²) in [6, 6.07) is 11.1. The van der Waals surface area contributed by atoms with Crippen LogP contribution >= 0.6 is 0 Å². The van der Waals surface area contributed by atoms with E-state index in [4.69, 9.17) is 5.73 Å². The third-order valence-corrected chi connectivity index (χ3v) is 3.57. The molecule has 0 fully saturated rings. The van der Waals surface area contributed by atoms with Gasteiger partial charge >= 0.3 is 0 Å². The van der Waals surface area contributed by atoms with Crippen molar-refractivity contribution in [1.82, 2.24) is 10.3 Å². The number of hydrogen-bond donors (Lipinski definition) is 3. The zero-order valence-electron chi connectivity index (χ0n) is 12.7. The summed E-state index contributed by atoms with van der Waals surface area (Å²) in [4.78, 5) is 4.41. The van der Waals surface area contributed by atoms with Crippen molar-refractivity contribution in [2.24, 2.45) is 5.73 Å². The van der Waals surface area contributed by atoms with Gasteiger partial charge in [-0.3, -0.25) is 15.1 Å². The summed E-state index contributed by atoms with van der Waals surface area (Å²) in [5.74, 6) is 0. The Morgan fingerprint density at radius 3 is 2.41 bits per heavy atom. The molecule has 0 aliphatic rings. The van der Waals surface area contributed by atoms with Gasteiger partial charge in [0.25, 0.3) is 0 Å².